The monoisotopic (exact) mass is 385 g/mol. The van der Waals surface area contributed by atoms with Crippen LogP contribution in [0.3, 0.4) is 0 Å². The Hall–Kier alpha value is -2.67. The topological polar surface area (TPSA) is 61.8 Å². The lowest BCUT2D eigenvalue weighted by atomic mass is 10.2. The SMILES string of the molecule is CCNC(=NCc1ccc(N2CCOC(C)C2)nc1)NCc1cccc(F)c1. The molecule has 2 heterocycles. The van der Waals surface area contributed by atoms with Crippen molar-refractivity contribution in [1.29, 1.82) is 0 Å². The molecule has 0 amide bonds. The van der Waals surface area contributed by atoms with Gasteiger partial charge in [-0.15, -0.1) is 0 Å². The predicted molar refractivity (Wildman–Crippen MR) is 110 cm³/mol. The molecule has 2 N–H and O–H groups in total. The molecule has 1 aliphatic heterocycles. The Morgan fingerprint density at radius 2 is 2.18 bits per heavy atom. The molecule has 0 saturated carbocycles. The van der Waals surface area contributed by atoms with Crippen molar-refractivity contribution < 1.29 is 9.13 Å². The average molecular weight is 385 g/mol. The van der Waals surface area contributed by atoms with Crippen molar-refractivity contribution >= 4 is 11.8 Å². The maximum absolute atomic E-state index is 13.3. The van der Waals surface area contributed by atoms with Crippen LogP contribution in [0.25, 0.3) is 0 Å². The van der Waals surface area contributed by atoms with Crippen molar-refractivity contribution in [3.63, 3.8) is 0 Å². The van der Waals surface area contributed by atoms with E-state index < -0.39 is 0 Å². The number of morpholine rings is 1. The minimum absolute atomic E-state index is 0.228. The molecule has 0 radical (unpaired) electrons. The standard InChI is InChI=1S/C21H28FN5O/c1-3-23-21(25-12-17-5-4-6-19(22)11-17)26-14-18-7-8-20(24-13-18)27-9-10-28-16(2)15-27/h4-8,11,13,16H,3,9-10,12,14-15H2,1-2H3,(H2,23,25,26). The molecule has 0 aliphatic carbocycles. The van der Waals surface area contributed by atoms with E-state index >= 15 is 0 Å². The van der Waals surface area contributed by atoms with E-state index in [0.717, 1.165) is 43.2 Å². The minimum atomic E-state index is -0.234. The summed E-state index contributed by atoms with van der Waals surface area (Å²) in [5.74, 6) is 1.43. The van der Waals surface area contributed by atoms with Crippen LogP contribution < -0.4 is 15.5 Å². The summed E-state index contributed by atoms with van der Waals surface area (Å²) < 4.78 is 18.9. The number of nitrogens with one attached hydrogen (secondary N) is 2. The summed E-state index contributed by atoms with van der Waals surface area (Å²) in [6, 6.07) is 10.6. The Bertz CT molecular complexity index is 781. The predicted octanol–water partition coefficient (Wildman–Crippen LogP) is 2.70. The quantitative estimate of drug-likeness (QED) is 0.591. The van der Waals surface area contributed by atoms with Gasteiger partial charge in [0.2, 0.25) is 0 Å². The smallest absolute Gasteiger partial charge is 0.191 e. The van der Waals surface area contributed by atoms with E-state index in [1.165, 1.54) is 12.1 Å². The molecule has 1 saturated heterocycles. The first-order chi connectivity index (χ1) is 13.6. The van der Waals surface area contributed by atoms with Crippen LogP contribution in [0.5, 0.6) is 0 Å². The van der Waals surface area contributed by atoms with Crippen LogP contribution >= 0.6 is 0 Å². The summed E-state index contributed by atoms with van der Waals surface area (Å²) in [6.07, 6.45) is 2.10. The lowest BCUT2D eigenvalue weighted by molar-refractivity contribution is 0.0529. The minimum Gasteiger partial charge on any atom is -0.375 e. The van der Waals surface area contributed by atoms with Crippen LogP contribution in [0.4, 0.5) is 10.2 Å². The summed E-state index contributed by atoms with van der Waals surface area (Å²) in [5.41, 5.74) is 1.91. The number of pyridine rings is 1. The number of ether oxygens (including phenoxy) is 1. The van der Waals surface area contributed by atoms with E-state index in [4.69, 9.17) is 4.74 Å². The normalized spacial score (nSPS) is 17.5. The lowest BCUT2D eigenvalue weighted by Crippen LogP contribution is -2.41. The number of aromatic nitrogens is 1. The fourth-order valence-corrected chi connectivity index (χ4v) is 3.07. The van der Waals surface area contributed by atoms with Gasteiger partial charge in [-0.25, -0.2) is 14.4 Å². The van der Waals surface area contributed by atoms with E-state index in [1.807, 2.05) is 25.3 Å². The number of aliphatic imine (C=N–C) groups is 1. The second-order valence-electron chi connectivity index (χ2n) is 6.83. The Labute approximate surface area is 165 Å². The van der Waals surface area contributed by atoms with Gasteiger partial charge in [0, 0.05) is 32.4 Å². The fourth-order valence-electron chi connectivity index (χ4n) is 3.07. The number of guanidine groups is 1. The summed E-state index contributed by atoms with van der Waals surface area (Å²) in [6.45, 7) is 8.33. The van der Waals surface area contributed by atoms with Crippen LogP contribution in [0.15, 0.2) is 47.6 Å². The first kappa shape index (κ1) is 20.1. The molecule has 6 nitrogen and oxygen atoms in total. The number of halogens is 1. The molecule has 150 valence electrons. The van der Waals surface area contributed by atoms with E-state index in [1.54, 1.807) is 6.07 Å². The van der Waals surface area contributed by atoms with Gasteiger partial charge in [0.15, 0.2) is 5.96 Å². The molecule has 1 aliphatic rings. The molecule has 1 aromatic heterocycles. The van der Waals surface area contributed by atoms with Crippen molar-refractivity contribution in [3.05, 3.63) is 59.5 Å². The number of hydrogen-bond acceptors (Lipinski definition) is 4. The van der Waals surface area contributed by atoms with E-state index in [0.29, 0.717) is 19.0 Å². The largest absolute Gasteiger partial charge is 0.375 e. The molecule has 7 heteroatoms. The number of nitrogens with zero attached hydrogens (tertiary/aromatic N) is 3. The van der Waals surface area contributed by atoms with Gasteiger partial charge in [0.05, 0.1) is 19.3 Å². The van der Waals surface area contributed by atoms with Gasteiger partial charge in [-0.05, 0) is 43.2 Å². The highest BCUT2D eigenvalue weighted by Gasteiger charge is 2.17. The van der Waals surface area contributed by atoms with Gasteiger partial charge < -0.3 is 20.3 Å². The lowest BCUT2D eigenvalue weighted by Gasteiger charge is -2.32. The zero-order chi connectivity index (χ0) is 19.8. The summed E-state index contributed by atoms with van der Waals surface area (Å²) in [5, 5.41) is 6.44. The highest BCUT2D eigenvalue weighted by molar-refractivity contribution is 5.79. The molecule has 28 heavy (non-hydrogen) atoms. The second kappa shape index (κ2) is 10.0. The molecular weight excluding hydrogens is 357 g/mol. The summed E-state index contributed by atoms with van der Waals surface area (Å²) in [4.78, 5) is 11.4. The van der Waals surface area contributed by atoms with E-state index in [2.05, 4.69) is 38.5 Å². The molecule has 0 bridgehead atoms. The molecule has 3 rings (SSSR count). The van der Waals surface area contributed by atoms with Gasteiger partial charge in [-0.2, -0.15) is 0 Å². The third kappa shape index (κ3) is 5.92. The molecule has 1 atom stereocenters. The third-order valence-corrected chi connectivity index (χ3v) is 4.49. The van der Waals surface area contributed by atoms with Crippen molar-refractivity contribution in [2.45, 2.75) is 33.0 Å². The van der Waals surface area contributed by atoms with E-state index in [9.17, 15) is 4.39 Å². The Morgan fingerprint density at radius 1 is 1.29 bits per heavy atom. The Kier molecular flexibility index (Phi) is 7.19. The molecule has 2 aromatic rings. The Balaban J connectivity index is 1.57. The number of hydrogen-bond donors (Lipinski definition) is 2. The van der Waals surface area contributed by atoms with Crippen molar-refractivity contribution in [3.8, 4) is 0 Å². The van der Waals surface area contributed by atoms with Crippen molar-refractivity contribution in [2.24, 2.45) is 4.99 Å². The highest BCUT2D eigenvalue weighted by atomic mass is 19.1. The van der Waals surface area contributed by atoms with Crippen LogP contribution in [0, 0.1) is 5.82 Å². The molecule has 1 unspecified atom stereocenters. The Morgan fingerprint density at radius 3 is 2.89 bits per heavy atom. The van der Waals surface area contributed by atoms with Crippen LogP contribution in [0.2, 0.25) is 0 Å². The van der Waals surface area contributed by atoms with Crippen molar-refractivity contribution in [2.75, 3.05) is 31.1 Å². The number of rotatable bonds is 6. The van der Waals surface area contributed by atoms with Crippen LogP contribution in [-0.4, -0.2) is 43.3 Å². The third-order valence-electron chi connectivity index (χ3n) is 4.49. The van der Waals surface area contributed by atoms with Crippen LogP contribution in [-0.2, 0) is 17.8 Å². The maximum Gasteiger partial charge on any atom is 0.191 e. The van der Waals surface area contributed by atoms with Crippen LogP contribution in [0.1, 0.15) is 25.0 Å². The zero-order valence-corrected chi connectivity index (χ0v) is 16.5. The van der Waals surface area contributed by atoms with Gasteiger partial charge >= 0.3 is 0 Å². The molecule has 1 fully saturated rings. The van der Waals surface area contributed by atoms with Gasteiger partial charge in [0.25, 0.3) is 0 Å². The van der Waals surface area contributed by atoms with Crippen molar-refractivity contribution in [1.82, 2.24) is 15.6 Å². The fraction of sp³-hybridized carbons (Fsp3) is 0.429. The van der Waals surface area contributed by atoms with Gasteiger partial charge in [-0.3, -0.25) is 0 Å². The average Bonchev–Trinajstić information content (AvgIpc) is 2.70. The molecular formula is C21H28FN5O. The first-order valence-electron chi connectivity index (χ1n) is 9.72. The number of anilines is 1. The zero-order valence-electron chi connectivity index (χ0n) is 16.5. The molecule has 1 aromatic carbocycles. The van der Waals surface area contributed by atoms with E-state index in [-0.39, 0.29) is 11.9 Å². The van der Waals surface area contributed by atoms with Gasteiger partial charge in [-0.1, -0.05) is 18.2 Å². The summed E-state index contributed by atoms with van der Waals surface area (Å²) in [7, 11) is 0. The van der Waals surface area contributed by atoms with Gasteiger partial charge in [0.1, 0.15) is 11.6 Å². The number of benzene rings is 1. The second-order valence-corrected chi connectivity index (χ2v) is 6.83. The first-order valence-corrected chi connectivity index (χ1v) is 9.72. The maximum atomic E-state index is 13.3. The summed E-state index contributed by atoms with van der Waals surface area (Å²) >= 11 is 0. The molecule has 0 spiro atoms. The highest BCUT2D eigenvalue weighted by Crippen LogP contribution is 2.15.